The Morgan fingerprint density at radius 1 is 1.33 bits per heavy atom. The van der Waals surface area contributed by atoms with Crippen LogP contribution in [-0.4, -0.2) is 41.2 Å². The van der Waals surface area contributed by atoms with Crippen molar-refractivity contribution in [1.82, 2.24) is 10.2 Å². The average Bonchev–Trinajstić information content (AvgIpc) is 2.33. The van der Waals surface area contributed by atoms with Crippen LogP contribution in [0.5, 0.6) is 0 Å². The number of amides is 2. The van der Waals surface area contributed by atoms with E-state index < -0.39 is 24.1 Å². The van der Waals surface area contributed by atoms with Gasteiger partial charge < -0.3 is 15.3 Å². The zero-order chi connectivity index (χ0) is 15.6. The molecule has 0 radical (unpaired) electrons. The maximum atomic E-state index is 13.1. The van der Waals surface area contributed by atoms with Gasteiger partial charge in [0.2, 0.25) is 0 Å². The lowest BCUT2D eigenvalue weighted by Gasteiger charge is -2.45. The first-order chi connectivity index (χ1) is 9.79. The molecule has 2 rings (SSSR count). The van der Waals surface area contributed by atoms with Crippen LogP contribution in [0.4, 0.5) is 13.6 Å². The van der Waals surface area contributed by atoms with E-state index in [0.717, 1.165) is 0 Å². The molecule has 6 heteroatoms. The quantitative estimate of drug-likeness (QED) is 0.897. The van der Waals surface area contributed by atoms with E-state index >= 15 is 0 Å². The van der Waals surface area contributed by atoms with E-state index in [1.807, 2.05) is 0 Å². The largest absolute Gasteiger partial charge is 0.390 e. The third-order valence-corrected chi connectivity index (χ3v) is 3.86. The normalized spacial score (nSPS) is 17.5. The van der Waals surface area contributed by atoms with Crippen molar-refractivity contribution in [2.75, 3.05) is 13.1 Å². The Morgan fingerprint density at radius 2 is 1.90 bits per heavy atom. The van der Waals surface area contributed by atoms with Crippen molar-refractivity contribution in [1.29, 1.82) is 0 Å². The zero-order valence-corrected chi connectivity index (χ0v) is 12.1. The number of nitrogens with zero attached hydrogens (tertiary/aromatic N) is 1. The molecule has 1 atom stereocenters. The van der Waals surface area contributed by atoms with Gasteiger partial charge in [0.1, 0.15) is 6.04 Å². The van der Waals surface area contributed by atoms with E-state index in [-0.39, 0.29) is 5.92 Å². The van der Waals surface area contributed by atoms with E-state index in [1.165, 1.54) is 4.90 Å². The molecule has 0 aliphatic carbocycles. The van der Waals surface area contributed by atoms with Gasteiger partial charge in [0.15, 0.2) is 0 Å². The predicted octanol–water partition coefficient (Wildman–Crippen LogP) is 2.41. The molecular weight excluding hydrogens is 278 g/mol. The number of hydrogen-bond donors (Lipinski definition) is 2. The lowest BCUT2D eigenvalue weighted by atomic mass is 9.85. The van der Waals surface area contributed by atoms with Crippen LogP contribution in [0.25, 0.3) is 0 Å². The molecular formula is C15H20F2N2O2. The van der Waals surface area contributed by atoms with Gasteiger partial charge in [-0.2, -0.15) is 0 Å². The van der Waals surface area contributed by atoms with Crippen LogP contribution in [0, 0.1) is 5.92 Å². The standard InChI is InChI=1S/C15H20F2N2O2/c1-15(2,21)11-8-19(9-11)14(20)18-12(13(16)17)10-6-4-3-5-7-10/h3-7,11-13,21H,8-9H2,1-2H3,(H,18,20)/t12-/m1/s1. The summed E-state index contributed by atoms with van der Waals surface area (Å²) in [6.45, 7) is 4.11. The number of alkyl halides is 2. The number of urea groups is 1. The van der Waals surface area contributed by atoms with Crippen LogP contribution in [0.3, 0.4) is 0 Å². The van der Waals surface area contributed by atoms with Crippen LogP contribution < -0.4 is 5.32 Å². The van der Waals surface area contributed by atoms with Crippen LogP contribution in [0.1, 0.15) is 25.5 Å². The minimum Gasteiger partial charge on any atom is -0.390 e. The number of nitrogens with one attached hydrogen (secondary N) is 1. The highest BCUT2D eigenvalue weighted by Crippen LogP contribution is 2.28. The molecule has 1 heterocycles. The summed E-state index contributed by atoms with van der Waals surface area (Å²) >= 11 is 0. The van der Waals surface area contributed by atoms with E-state index in [4.69, 9.17) is 0 Å². The summed E-state index contributed by atoms with van der Waals surface area (Å²) in [5.74, 6) is -0.0232. The predicted molar refractivity (Wildman–Crippen MR) is 75.1 cm³/mol. The van der Waals surface area contributed by atoms with Crippen molar-refractivity contribution in [3.8, 4) is 0 Å². The Labute approximate surface area is 122 Å². The molecule has 0 unspecified atom stereocenters. The van der Waals surface area contributed by atoms with Gasteiger partial charge in [-0.25, -0.2) is 13.6 Å². The third kappa shape index (κ3) is 3.69. The maximum absolute atomic E-state index is 13.1. The number of carbonyl (C=O) groups is 1. The first kappa shape index (κ1) is 15.7. The second kappa shape index (κ2) is 5.97. The minimum atomic E-state index is -2.68. The summed E-state index contributed by atoms with van der Waals surface area (Å²) in [4.78, 5) is 13.4. The summed E-state index contributed by atoms with van der Waals surface area (Å²) in [6.07, 6.45) is -2.68. The van der Waals surface area contributed by atoms with Gasteiger partial charge in [-0.05, 0) is 19.4 Å². The van der Waals surface area contributed by atoms with Crippen LogP contribution in [-0.2, 0) is 0 Å². The van der Waals surface area contributed by atoms with Gasteiger partial charge in [0.05, 0.1) is 5.60 Å². The summed E-state index contributed by atoms with van der Waals surface area (Å²) in [7, 11) is 0. The lowest BCUT2D eigenvalue weighted by molar-refractivity contribution is -0.0468. The second-order valence-corrected chi connectivity index (χ2v) is 5.93. The molecule has 0 bridgehead atoms. The van der Waals surface area contributed by atoms with Crippen LogP contribution in [0.15, 0.2) is 30.3 Å². The van der Waals surface area contributed by atoms with Gasteiger partial charge in [0, 0.05) is 19.0 Å². The summed E-state index contributed by atoms with van der Waals surface area (Å²) in [5.41, 5.74) is -0.487. The molecule has 1 fully saturated rings. The molecule has 0 saturated carbocycles. The highest BCUT2D eigenvalue weighted by Gasteiger charge is 2.40. The minimum absolute atomic E-state index is 0.0232. The van der Waals surface area contributed by atoms with E-state index in [2.05, 4.69) is 5.32 Å². The van der Waals surface area contributed by atoms with Gasteiger partial charge >= 0.3 is 6.03 Å². The Morgan fingerprint density at radius 3 is 2.38 bits per heavy atom. The van der Waals surface area contributed by atoms with Crippen LogP contribution in [0.2, 0.25) is 0 Å². The van der Waals surface area contributed by atoms with Gasteiger partial charge in [0.25, 0.3) is 6.43 Å². The Balaban J connectivity index is 1.95. The number of halogens is 2. The fourth-order valence-corrected chi connectivity index (χ4v) is 2.27. The average molecular weight is 298 g/mol. The Hall–Kier alpha value is -1.69. The van der Waals surface area contributed by atoms with E-state index in [0.29, 0.717) is 18.7 Å². The van der Waals surface area contributed by atoms with Crippen molar-refractivity contribution in [2.24, 2.45) is 5.92 Å². The number of rotatable bonds is 4. The van der Waals surface area contributed by atoms with Crippen molar-refractivity contribution in [2.45, 2.75) is 31.9 Å². The highest BCUT2D eigenvalue weighted by molar-refractivity contribution is 5.75. The van der Waals surface area contributed by atoms with Gasteiger partial charge in [-0.3, -0.25) is 0 Å². The topological polar surface area (TPSA) is 52.6 Å². The molecule has 0 spiro atoms. The number of likely N-dealkylation sites (tertiary alicyclic amines) is 1. The molecule has 116 valence electrons. The van der Waals surface area contributed by atoms with Crippen LogP contribution >= 0.6 is 0 Å². The van der Waals surface area contributed by atoms with Gasteiger partial charge in [-0.1, -0.05) is 30.3 Å². The second-order valence-electron chi connectivity index (χ2n) is 5.93. The molecule has 1 saturated heterocycles. The molecule has 1 aliphatic heterocycles. The fraction of sp³-hybridized carbons (Fsp3) is 0.533. The van der Waals surface area contributed by atoms with Gasteiger partial charge in [-0.15, -0.1) is 0 Å². The Kier molecular flexibility index (Phi) is 4.46. The molecule has 1 aromatic rings. The zero-order valence-electron chi connectivity index (χ0n) is 12.1. The molecule has 1 aliphatic rings. The molecule has 2 amide bonds. The molecule has 2 N–H and O–H groups in total. The van der Waals surface area contributed by atoms with Crippen molar-refractivity contribution >= 4 is 6.03 Å². The molecule has 4 nitrogen and oxygen atoms in total. The summed E-state index contributed by atoms with van der Waals surface area (Å²) < 4.78 is 26.2. The summed E-state index contributed by atoms with van der Waals surface area (Å²) in [6, 6.07) is 6.33. The number of benzene rings is 1. The van der Waals surface area contributed by atoms with Crippen molar-refractivity contribution in [3.05, 3.63) is 35.9 Å². The Bertz CT molecular complexity index is 482. The lowest BCUT2D eigenvalue weighted by Crippen LogP contribution is -2.60. The van der Waals surface area contributed by atoms with E-state index in [1.54, 1.807) is 44.2 Å². The third-order valence-electron chi connectivity index (χ3n) is 3.86. The van der Waals surface area contributed by atoms with E-state index in [9.17, 15) is 18.7 Å². The smallest absolute Gasteiger partial charge is 0.318 e. The maximum Gasteiger partial charge on any atom is 0.318 e. The van der Waals surface area contributed by atoms with Crippen molar-refractivity contribution < 1.29 is 18.7 Å². The first-order valence-corrected chi connectivity index (χ1v) is 6.90. The first-order valence-electron chi connectivity index (χ1n) is 6.90. The number of carbonyl (C=O) groups excluding carboxylic acids is 1. The summed E-state index contributed by atoms with van der Waals surface area (Å²) in [5, 5.41) is 12.2. The number of hydrogen-bond acceptors (Lipinski definition) is 2. The van der Waals surface area contributed by atoms with Crippen molar-refractivity contribution in [3.63, 3.8) is 0 Å². The molecule has 0 aromatic heterocycles. The SMILES string of the molecule is CC(C)(O)C1CN(C(=O)N[C@H](c2ccccc2)C(F)F)C1. The highest BCUT2D eigenvalue weighted by atomic mass is 19.3. The molecule has 1 aromatic carbocycles. The monoisotopic (exact) mass is 298 g/mol. The number of aliphatic hydroxyl groups is 1. The molecule has 21 heavy (non-hydrogen) atoms. The fourth-order valence-electron chi connectivity index (χ4n) is 2.27.